The molecule has 1 saturated heterocycles. The van der Waals surface area contributed by atoms with Crippen LogP contribution in [-0.4, -0.2) is 91.5 Å². The number of esters is 1. The highest BCUT2D eigenvalue weighted by molar-refractivity contribution is 5.66. The highest BCUT2D eigenvalue weighted by Crippen LogP contribution is 2.61. The number of carbonyl (C=O) groups excluding carboxylic acids is 1. The Labute approximate surface area is 192 Å². The van der Waals surface area contributed by atoms with E-state index in [4.69, 9.17) is 4.74 Å². The van der Waals surface area contributed by atoms with Crippen molar-refractivity contribution in [2.24, 2.45) is 0 Å². The minimum Gasteiger partial charge on any atom is -0.461 e. The molecule has 214 valence electrons. The van der Waals surface area contributed by atoms with Gasteiger partial charge in [-0.15, -0.1) is 0 Å². The van der Waals surface area contributed by atoms with Gasteiger partial charge in [-0.3, -0.25) is 9.69 Å². The number of halogens is 15. The van der Waals surface area contributed by atoms with Crippen LogP contribution in [0.2, 0.25) is 0 Å². The number of hydrogen-bond donors (Lipinski definition) is 0. The molecule has 0 bridgehead atoms. The van der Waals surface area contributed by atoms with Gasteiger partial charge < -0.3 is 9.47 Å². The van der Waals surface area contributed by atoms with Crippen molar-refractivity contribution in [3.8, 4) is 0 Å². The number of hydrogen-bond acceptors (Lipinski definition) is 4. The first-order valence-corrected chi connectivity index (χ1v) is 9.63. The van der Waals surface area contributed by atoms with Crippen LogP contribution in [0.4, 0.5) is 65.9 Å². The van der Waals surface area contributed by atoms with Crippen molar-refractivity contribution in [2.45, 2.75) is 67.6 Å². The Kier molecular flexibility index (Phi) is 9.21. The normalized spacial score (nSPS) is 18.8. The first-order chi connectivity index (χ1) is 15.8. The van der Waals surface area contributed by atoms with Crippen molar-refractivity contribution in [2.75, 3.05) is 32.8 Å². The van der Waals surface area contributed by atoms with Gasteiger partial charge in [0.2, 0.25) is 0 Å². The van der Waals surface area contributed by atoms with Crippen molar-refractivity contribution in [3.63, 3.8) is 0 Å². The van der Waals surface area contributed by atoms with Crippen LogP contribution in [0.3, 0.4) is 0 Å². The minimum absolute atomic E-state index is 0.0479. The van der Waals surface area contributed by atoms with E-state index in [1.807, 2.05) is 0 Å². The van der Waals surface area contributed by atoms with Gasteiger partial charge in [0.15, 0.2) is 0 Å². The molecule has 4 nitrogen and oxygen atoms in total. The fraction of sp³-hybridized carbons (Fsp3) is 0.941. The van der Waals surface area contributed by atoms with Gasteiger partial charge >= 0.3 is 41.8 Å². The van der Waals surface area contributed by atoms with Crippen molar-refractivity contribution >= 4 is 5.97 Å². The Morgan fingerprint density at radius 2 is 1.22 bits per heavy atom. The first-order valence-electron chi connectivity index (χ1n) is 9.63. The number of carbonyl (C=O) groups is 1. The lowest BCUT2D eigenvalue weighted by atomic mass is 9.90. The SMILES string of the molecule is CC(=O)OC(CN1CCOCC1)CC(F)(F)CC(F)(F)C(F)(F)C(F)(F)C(F)(F)C(F)(F)C(F)(F)F. The lowest BCUT2D eigenvalue weighted by Crippen LogP contribution is -2.70. The average Bonchev–Trinajstić information content (AvgIpc) is 2.65. The van der Waals surface area contributed by atoms with Crippen molar-refractivity contribution in [3.05, 3.63) is 0 Å². The van der Waals surface area contributed by atoms with Crippen LogP contribution in [-0.2, 0) is 14.3 Å². The third-order valence-corrected chi connectivity index (χ3v) is 4.90. The summed E-state index contributed by atoms with van der Waals surface area (Å²) in [6.45, 7) is 0.264. The molecule has 1 fully saturated rings. The van der Waals surface area contributed by atoms with Gasteiger partial charge in [-0.2, -0.15) is 57.1 Å². The van der Waals surface area contributed by atoms with Crippen LogP contribution < -0.4 is 0 Å². The molecule has 0 radical (unpaired) electrons. The zero-order chi connectivity index (χ0) is 28.6. The van der Waals surface area contributed by atoms with E-state index in [-0.39, 0.29) is 26.3 Å². The third-order valence-electron chi connectivity index (χ3n) is 4.90. The molecule has 36 heavy (non-hydrogen) atoms. The van der Waals surface area contributed by atoms with Crippen LogP contribution in [0.5, 0.6) is 0 Å². The van der Waals surface area contributed by atoms with Crippen LogP contribution in [0.25, 0.3) is 0 Å². The molecule has 0 aliphatic carbocycles. The van der Waals surface area contributed by atoms with E-state index in [9.17, 15) is 70.7 Å². The Hall–Kier alpha value is -1.66. The zero-order valence-corrected chi connectivity index (χ0v) is 17.9. The number of rotatable bonds is 11. The lowest BCUT2D eigenvalue weighted by Gasteiger charge is -2.40. The summed E-state index contributed by atoms with van der Waals surface area (Å²) in [5.74, 6) is -45.5. The largest absolute Gasteiger partial charge is 0.461 e. The number of morpholine rings is 1. The second kappa shape index (κ2) is 10.2. The maximum absolute atomic E-state index is 14.2. The van der Waals surface area contributed by atoms with Crippen LogP contribution in [0.1, 0.15) is 19.8 Å². The monoisotopic (exact) mass is 569 g/mol. The predicted octanol–water partition coefficient (Wildman–Crippen LogP) is 5.40. The van der Waals surface area contributed by atoms with E-state index in [0.29, 0.717) is 6.92 Å². The van der Waals surface area contributed by atoms with Crippen LogP contribution >= 0.6 is 0 Å². The molecule has 0 aromatic carbocycles. The Morgan fingerprint density at radius 1 is 0.778 bits per heavy atom. The summed E-state index contributed by atoms with van der Waals surface area (Å²) in [7, 11) is 0. The second-order valence-corrected chi connectivity index (χ2v) is 7.88. The van der Waals surface area contributed by atoms with Gasteiger partial charge in [0, 0.05) is 33.0 Å². The van der Waals surface area contributed by atoms with Gasteiger partial charge in [-0.1, -0.05) is 0 Å². The lowest BCUT2D eigenvalue weighted by molar-refractivity contribution is -0.442. The van der Waals surface area contributed by atoms with Crippen molar-refractivity contribution < 1.29 is 80.1 Å². The van der Waals surface area contributed by atoms with Gasteiger partial charge in [-0.05, 0) is 0 Å². The molecule has 1 atom stereocenters. The third kappa shape index (κ3) is 6.42. The van der Waals surface area contributed by atoms with Gasteiger partial charge in [0.05, 0.1) is 19.6 Å². The van der Waals surface area contributed by atoms with E-state index in [1.165, 1.54) is 4.90 Å². The van der Waals surface area contributed by atoms with Gasteiger partial charge in [0.25, 0.3) is 5.92 Å². The zero-order valence-electron chi connectivity index (χ0n) is 17.9. The molecule has 0 spiro atoms. The van der Waals surface area contributed by atoms with E-state index < -0.39 is 73.2 Å². The molecule has 0 saturated carbocycles. The molecule has 0 aromatic heterocycles. The molecular weight excluding hydrogens is 551 g/mol. The fourth-order valence-corrected chi connectivity index (χ4v) is 3.09. The maximum atomic E-state index is 14.2. The summed E-state index contributed by atoms with van der Waals surface area (Å²) in [6.07, 6.45) is -15.4. The molecule has 1 rings (SSSR count). The molecule has 1 aliphatic heterocycles. The number of alkyl halides is 15. The topological polar surface area (TPSA) is 38.8 Å². The van der Waals surface area contributed by atoms with E-state index >= 15 is 0 Å². The Balaban J connectivity index is 3.22. The molecule has 0 amide bonds. The summed E-state index contributed by atoms with van der Waals surface area (Å²) < 4.78 is 208. The molecule has 19 heteroatoms. The number of nitrogens with zero attached hydrogens (tertiary/aromatic N) is 1. The summed E-state index contributed by atoms with van der Waals surface area (Å²) in [4.78, 5) is 12.4. The Bertz CT molecular complexity index is 763. The highest BCUT2D eigenvalue weighted by Gasteiger charge is 2.91. The molecule has 1 aliphatic rings. The Morgan fingerprint density at radius 3 is 1.64 bits per heavy atom. The molecule has 0 aromatic rings. The smallest absolute Gasteiger partial charge is 0.460 e. The first kappa shape index (κ1) is 32.4. The van der Waals surface area contributed by atoms with Crippen LogP contribution in [0.15, 0.2) is 0 Å². The van der Waals surface area contributed by atoms with Gasteiger partial charge in [-0.25, -0.2) is 8.78 Å². The molecule has 0 N–H and O–H groups in total. The molecule has 1 heterocycles. The minimum atomic E-state index is -8.18. The second-order valence-electron chi connectivity index (χ2n) is 7.88. The maximum Gasteiger partial charge on any atom is 0.460 e. The highest BCUT2D eigenvalue weighted by atomic mass is 19.4. The summed E-state index contributed by atoms with van der Waals surface area (Å²) in [5, 5.41) is 0. The summed E-state index contributed by atoms with van der Waals surface area (Å²) >= 11 is 0. The van der Waals surface area contributed by atoms with Gasteiger partial charge in [0.1, 0.15) is 6.10 Å². The molecule has 1 unspecified atom stereocenters. The summed E-state index contributed by atoms with van der Waals surface area (Å²) in [6, 6.07) is 0. The van der Waals surface area contributed by atoms with E-state index in [1.54, 1.807) is 0 Å². The van der Waals surface area contributed by atoms with E-state index in [0.717, 1.165) is 0 Å². The quantitative estimate of drug-likeness (QED) is 0.247. The molecular formula is C17H18F15NO3. The standard InChI is InChI=1S/C17H18F15NO3/c1-9(34)36-10(7-33-2-4-35-5-3-33)6-11(18,19)8-12(20,21)13(22,23)14(24,25)15(26,27)16(28,29)17(30,31)32/h10H,2-8H2,1H3. The average molecular weight is 569 g/mol. The number of ether oxygens (including phenoxy) is 2. The predicted molar refractivity (Wildman–Crippen MR) is 87.8 cm³/mol. The van der Waals surface area contributed by atoms with Crippen molar-refractivity contribution in [1.29, 1.82) is 0 Å². The van der Waals surface area contributed by atoms with Crippen LogP contribution in [0, 0.1) is 0 Å². The summed E-state index contributed by atoms with van der Waals surface area (Å²) in [5.41, 5.74) is 0. The fourth-order valence-electron chi connectivity index (χ4n) is 3.09. The van der Waals surface area contributed by atoms with Crippen molar-refractivity contribution in [1.82, 2.24) is 4.90 Å². The van der Waals surface area contributed by atoms with E-state index in [2.05, 4.69) is 4.74 Å².